The number of hydrogen-bond donors (Lipinski definition) is 1. The molecule has 3 rings (SSSR count). The standard InChI is InChI=1S/C17H14N6/c1-23(15-5-3-2-4-6-15)17-21-16(12-19-22-17)20-14-9-7-13(11-18)8-10-14/h2-10,12H,1H3,(H,20,21,22). The fraction of sp³-hybridized carbons (Fsp3) is 0.0588. The van der Waals surface area contributed by atoms with E-state index in [9.17, 15) is 0 Å². The van der Waals surface area contributed by atoms with E-state index in [2.05, 4.69) is 26.6 Å². The van der Waals surface area contributed by atoms with Gasteiger partial charge in [-0.25, -0.2) is 0 Å². The first kappa shape index (κ1) is 14.5. The molecular weight excluding hydrogens is 288 g/mol. The van der Waals surface area contributed by atoms with E-state index in [1.54, 1.807) is 18.3 Å². The molecular formula is C17H14N6. The summed E-state index contributed by atoms with van der Waals surface area (Å²) in [5.74, 6) is 1.08. The summed E-state index contributed by atoms with van der Waals surface area (Å²) in [7, 11) is 1.89. The van der Waals surface area contributed by atoms with Crippen molar-refractivity contribution in [1.82, 2.24) is 15.2 Å². The molecule has 0 unspecified atom stereocenters. The van der Waals surface area contributed by atoms with Crippen LogP contribution in [0.15, 0.2) is 60.8 Å². The SMILES string of the molecule is CN(c1ccccc1)c1nncc(Nc2ccc(C#N)cc2)n1. The van der Waals surface area contributed by atoms with Crippen LogP contribution in [0.2, 0.25) is 0 Å². The molecule has 1 heterocycles. The van der Waals surface area contributed by atoms with E-state index in [4.69, 9.17) is 5.26 Å². The van der Waals surface area contributed by atoms with E-state index in [-0.39, 0.29) is 0 Å². The zero-order valence-electron chi connectivity index (χ0n) is 12.5. The normalized spacial score (nSPS) is 9.91. The molecule has 2 aromatic carbocycles. The molecule has 0 saturated heterocycles. The number of rotatable bonds is 4. The monoisotopic (exact) mass is 302 g/mol. The lowest BCUT2D eigenvalue weighted by Gasteiger charge is -2.17. The molecule has 23 heavy (non-hydrogen) atoms. The summed E-state index contributed by atoms with van der Waals surface area (Å²) in [6, 6.07) is 19.0. The maximum absolute atomic E-state index is 8.82. The highest BCUT2D eigenvalue weighted by Gasteiger charge is 2.08. The average molecular weight is 302 g/mol. The van der Waals surface area contributed by atoms with Gasteiger partial charge in [0, 0.05) is 18.4 Å². The van der Waals surface area contributed by atoms with Gasteiger partial charge in [-0.2, -0.15) is 15.3 Å². The second-order valence-corrected chi connectivity index (χ2v) is 4.85. The van der Waals surface area contributed by atoms with Crippen molar-refractivity contribution < 1.29 is 0 Å². The van der Waals surface area contributed by atoms with Crippen LogP contribution in [-0.4, -0.2) is 22.2 Å². The highest BCUT2D eigenvalue weighted by Crippen LogP contribution is 2.21. The van der Waals surface area contributed by atoms with Gasteiger partial charge in [0.05, 0.1) is 17.8 Å². The van der Waals surface area contributed by atoms with Gasteiger partial charge >= 0.3 is 0 Å². The van der Waals surface area contributed by atoms with Crippen LogP contribution in [0.3, 0.4) is 0 Å². The maximum atomic E-state index is 8.82. The summed E-state index contributed by atoms with van der Waals surface area (Å²) in [5, 5.41) is 20.0. The number of nitrogens with one attached hydrogen (secondary N) is 1. The van der Waals surface area contributed by atoms with Crippen LogP contribution in [0.1, 0.15) is 5.56 Å². The fourth-order valence-electron chi connectivity index (χ4n) is 2.04. The van der Waals surface area contributed by atoms with Crippen LogP contribution < -0.4 is 10.2 Å². The first-order chi connectivity index (χ1) is 11.3. The molecule has 6 heteroatoms. The minimum atomic E-state index is 0.495. The Kier molecular flexibility index (Phi) is 4.11. The zero-order valence-corrected chi connectivity index (χ0v) is 12.5. The Labute approximate surface area is 134 Å². The van der Waals surface area contributed by atoms with Crippen molar-refractivity contribution in [2.45, 2.75) is 0 Å². The lowest BCUT2D eigenvalue weighted by Crippen LogP contribution is -2.14. The quantitative estimate of drug-likeness (QED) is 0.797. The van der Waals surface area contributed by atoms with Gasteiger partial charge in [0.25, 0.3) is 5.95 Å². The fourth-order valence-corrected chi connectivity index (χ4v) is 2.04. The van der Waals surface area contributed by atoms with Gasteiger partial charge in [0.1, 0.15) is 0 Å². The Balaban J connectivity index is 1.81. The van der Waals surface area contributed by atoms with E-state index >= 15 is 0 Å². The number of benzene rings is 2. The largest absolute Gasteiger partial charge is 0.339 e. The van der Waals surface area contributed by atoms with E-state index < -0.39 is 0 Å². The third kappa shape index (κ3) is 3.41. The summed E-state index contributed by atoms with van der Waals surface area (Å²) >= 11 is 0. The van der Waals surface area contributed by atoms with Gasteiger partial charge in [-0.15, -0.1) is 5.10 Å². The number of para-hydroxylation sites is 1. The molecule has 1 N–H and O–H groups in total. The Morgan fingerprint density at radius 2 is 1.78 bits per heavy atom. The summed E-state index contributed by atoms with van der Waals surface area (Å²) in [4.78, 5) is 6.32. The van der Waals surface area contributed by atoms with Crippen LogP contribution in [0.25, 0.3) is 0 Å². The predicted molar refractivity (Wildman–Crippen MR) is 88.8 cm³/mol. The molecule has 0 atom stereocenters. The molecule has 0 radical (unpaired) electrons. The van der Waals surface area contributed by atoms with E-state index in [1.807, 2.05) is 54.4 Å². The molecule has 0 saturated carbocycles. The molecule has 1 aromatic heterocycles. The molecule has 0 aliphatic rings. The summed E-state index contributed by atoms with van der Waals surface area (Å²) in [6.45, 7) is 0. The highest BCUT2D eigenvalue weighted by atomic mass is 15.3. The van der Waals surface area contributed by atoms with Gasteiger partial charge in [-0.3, -0.25) is 0 Å². The summed E-state index contributed by atoms with van der Waals surface area (Å²) in [5.41, 5.74) is 2.42. The third-order valence-electron chi connectivity index (χ3n) is 3.28. The first-order valence-corrected chi connectivity index (χ1v) is 7.02. The Hall–Kier alpha value is -3.46. The molecule has 0 spiro atoms. The van der Waals surface area contributed by atoms with Crippen molar-refractivity contribution in [3.63, 3.8) is 0 Å². The van der Waals surface area contributed by atoms with E-state index in [0.717, 1.165) is 11.4 Å². The second kappa shape index (κ2) is 6.54. The van der Waals surface area contributed by atoms with Crippen molar-refractivity contribution in [1.29, 1.82) is 5.26 Å². The molecule has 3 aromatic rings. The van der Waals surface area contributed by atoms with Gasteiger partial charge in [0.15, 0.2) is 5.82 Å². The molecule has 112 valence electrons. The van der Waals surface area contributed by atoms with Gasteiger partial charge in [0.2, 0.25) is 0 Å². The number of nitrogens with zero attached hydrogens (tertiary/aromatic N) is 5. The lowest BCUT2D eigenvalue weighted by atomic mass is 10.2. The Bertz CT molecular complexity index is 824. The Morgan fingerprint density at radius 1 is 1.04 bits per heavy atom. The number of aromatic nitrogens is 3. The maximum Gasteiger partial charge on any atom is 0.251 e. The first-order valence-electron chi connectivity index (χ1n) is 7.02. The number of anilines is 4. The smallest absolute Gasteiger partial charge is 0.251 e. The van der Waals surface area contributed by atoms with Crippen LogP contribution in [0, 0.1) is 11.3 Å². The van der Waals surface area contributed by atoms with Crippen LogP contribution in [0.5, 0.6) is 0 Å². The minimum absolute atomic E-state index is 0.495. The number of hydrogen-bond acceptors (Lipinski definition) is 6. The topological polar surface area (TPSA) is 77.7 Å². The van der Waals surface area contributed by atoms with Crippen molar-refractivity contribution in [3.05, 3.63) is 66.4 Å². The molecule has 0 aliphatic heterocycles. The summed E-state index contributed by atoms with van der Waals surface area (Å²) in [6.07, 6.45) is 1.56. The average Bonchev–Trinajstić information content (AvgIpc) is 2.63. The van der Waals surface area contributed by atoms with Crippen molar-refractivity contribution in [2.24, 2.45) is 0 Å². The lowest BCUT2D eigenvalue weighted by molar-refractivity contribution is 0.932. The second-order valence-electron chi connectivity index (χ2n) is 4.85. The van der Waals surface area contributed by atoms with Crippen LogP contribution in [0.4, 0.5) is 23.1 Å². The van der Waals surface area contributed by atoms with Gasteiger partial charge in [-0.05, 0) is 36.4 Å². The Morgan fingerprint density at radius 3 is 2.48 bits per heavy atom. The van der Waals surface area contributed by atoms with E-state index in [1.165, 1.54) is 0 Å². The molecule has 0 amide bonds. The van der Waals surface area contributed by atoms with Crippen molar-refractivity contribution in [2.75, 3.05) is 17.3 Å². The van der Waals surface area contributed by atoms with Gasteiger partial charge < -0.3 is 10.2 Å². The number of nitriles is 1. The molecule has 0 aliphatic carbocycles. The van der Waals surface area contributed by atoms with Crippen molar-refractivity contribution >= 4 is 23.1 Å². The third-order valence-corrected chi connectivity index (χ3v) is 3.28. The molecule has 0 bridgehead atoms. The van der Waals surface area contributed by atoms with E-state index in [0.29, 0.717) is 17.3 Å². The highest BCUT2D eigenvalue weighted by molar-refractivity contribution is 5.60. The van der Waals surface area contributed by atoms with Crippen molar-refractivity contribution in [3.8, 4) is 6.07 Å². The molecule has 6 nitrogen and oxygen atoms in total. The van der Waals surface area contributed by atoms with Gasteiger partial charge in [-0.1, -0.05) is 18.2 Å². The minimum Gasteiger partial charge on any atom is -0.339 e. The summed E-state index contributed by atoms with van der Waals surface area (Å²) < 4.78 is 0. The zero-order chi connectivity index (χ0) is 16.1. The van der Waals surface area contributed by atoms with Crippen LogP contribution in [-0.2, 0) is 0 Å². The molecule has 0 fully saturated rings. The van der Waals surface area contributed by atoms with Crippen LogP contribution >= 0.6 is 0 Å². The predicted octanol–water partition coefficient (Wildman–Crippen LogP) is 3.25.